The van der Waals surface area contributed by atoms with E-state index in [1.165, 1.54) is 0 Å². The van der Waals surface area contributed by atoms with Gasteiger partial charge in [0.1, 0.15) is 17.5 Å². The van der Waals surface area contributed by atoms with Crippen molar-refractivity contribution in [2.24, 2.45) is 0 Å². The number of carbonyl (C=O) groups is 1. The van der Waals surface area contributed by atoms with E-state index in [1.807, 2.05) is 48.5 Å². The predicted octanol–water partition coefficient (Wildman–Crippen LogP) is 2.69. The third kappa shape index (κ3) is 3.73. The highest BCUT2D eigenvalue weighted by molar-refractivity contribution is 5.94. The minimum atomic E-state index is -0.111. The fourth-order valence-electron chi connectivity index (χ4n) is 2.69. The van der Waals surface area contributed by atoms with E-state index in [9.17, 15) is 10.1 Å². The quantitative estimate of drug-likeness (QED) is 0.671. The number of nitrogens with one attached hydrogen (secondary N) is 1. The molecule has 0 aliphatic carbocycles. The third-order valence-corrected chi connectivity index (χ3v) is 4.02. The number of nitrogens with zero attached hydrogens (tertiary/aromatic N) is 3. The molecule has 3 N–H and O–H groups in total. The van der Waals surface area contributed by atoms with Crippen molar-refractivity contribution in [1.29, 1.82) is 5.26 Å². The van der Waals surface area contributed by atoms with Gasteiger partial charge in [0.2, 0.25) is 0 Å². The Bertz CT molecular complexity index is 926. The minimum Gasteiger partial charge on any atom is -0.382 e. The summed E-state index contributed by atoms with van der Waals surface area (Å²) in [5.41, 5.74) is 8.55. The summed E-state index contributed by atoms with van der Waals surface area (Å²) in [6.45, 7) is 0.497. The Labute approximate surface area is 151 Å². The average molecular weight is 345 g/mol. The summed E-state index contributed by atoms with van der Waals surface area (Å²) < 4.78 is 1.58. The monoisotopic (exact) mass is 345 g/mol. The summed E-state index contributed by atoms with van der Waals surface area (Å²) in [6.07, 6.45) is 1.22. The van der Waals surface area contributed by atoms with Crippen molar-refractivity contribution in [1.82, 2.24) is 15.1 Å². The van der Waals surface area contributed by atoms with Crippen LogP contribution < -0.4 is 11.1 Å². The predicted molar refractivity (Wildman–Crippen MR) is 99.8 cm³/mol. The van der Waals surface area contributed by atoms with E-state index in [2.05, 4.69) is 16.5 Å². The summed E-state index contributed by atoms with van der Waals surface area (Å²) in [6, 6.07) is 20.6. The largest absolute Gasteiger partial charge is 0.382 e. The van der Waals surface area contributed by atoms with Crippen LogP contribution >= 0.6 is 0 Å². The van der Waals surface area contributed by atoms with Gasteiger partial charge in [-0.3, -0.25) is 4.79 Å². The SMILES string of the molecule is N#Cc1c(CCCNC(=O)c2ccccc2)nn(-c2ccccc2)c1N. The van der Waals surface area contributed by atoms with Crippen LogP contribution in [0.1, 0.15) is 28.0 Å². The van der Waals surface area contributed by atoms with E-state index < -0.39 is 0 Å². The zero-order valence-electron chi connectivity index (χ0n) is 14.2. The van der Waals surface area contributed by atoms with Crippen LogP contribution in [0, 0.1) is 11.3 Å². The van der Waals surface area contributed by atoms with Gasteiger partial charge >= 0.3 is 0 Å². The number of hydrogen-bond donors (Lipinski definition) is 2. The summed E-state index contributed by atoms with van der Waals surface area (Å²) in [4.78, 5) is 12.0. The highest BCUT2D eigenvalue weighted by Crippen LogP contribution is 2.21. The van der Waals surface area contributed by atoms with Crippen molar-refractivity contribution in [2.75, 3.05) is 12.3 Å². The van der Waals surface area contributed by atoms with Crippen LogP contribution in [0.2, 0.25) is 0 Å². The third-order valence-electron chi connectivity index (χ3n) is 4.02. The number of amides is 1. The zero-order valence-corrected chi connectivity index (χ0v) is 14.2. The molecule has 1 heterocycles. The van der Waals surface area contributed by atoms with Crippen LogP contribution in [0.3, 0.4) is 0 Å². The van der Waals surface area contributed by atoms with E-state index in [1.54, 1.807) is 16.8 Å². The molecular formula is C20H19N5O. The molecule has 2 aromatic carbocycles. The van der Waals surface area contributed by atoms with Crippen LogP contribution in [0.4, 0.5) is 5.82 Å². The number of anilines is 1. The molecule has 26 heavy (non-hydrogen) atoms. The molecule has 0 spiro atoms. The van der Waals surface area contributed by atoms with Crippen molar-refractivity contribution in [2.45, 2.75) is 12.8 Å². The first-order valence-corrected chi connectivity index (χ1v) is 8.37. The van der Waals surface area contributed by atoms with E-state index in [0.717, 1.165) is 5.69 Å². The fraction of sp³-hybridized carbons (Fsp3) is 0.150. The van der Waals surface area contributed by atoms with E-state index >= 15 is 0 Å². The Hall–Kier alpha value is -3.59. The Morgan fingerprint density at radius 2 is 1.77 bits per heavy atom. The van der Waals surface area contributed by atoms with Crippen LogP contribution in [0.25, 0.3) is 5.69 Å². The molecule has 130 valence electrons. The van der Waals surface area contributed by atoms with E-state index in [0.29, 0.717) is 42.0 Å². The second-order valence-electron chi connectivity index (χ2n) is 5.79. The van der Waals surface area contributed by atoms with E-state index in [4.69, 9.17) is 5.73 Å². The summed E-state index contributed by atoms with van der Waals surface area (Å²) in [5, 5.41) is 16.8. The second kappa shape index (κ2) is 7.99. The average Bonchev–Trinajstić information content (AvgIpc) is 3.01. The van der Waals surface area contributed by atoms with Gasteiger partial charge in [0.05, 0.1) is 11.4 Å². The normalized spacial score (nSPS) is 10.3. The molecule has 0 radical (unpaired) electrons. The van der Waals surface area contributed by atoms with Gasteiger partial charge in [-0.05, 0) is 37.1 Å². The molecule has 0 aliphatic rings. The molecule has 3 rings (SSSR count). The Morgan fingerprint density at radius 3 is 2.42 bits per heavy atom. The van der Waals surface area contributed by atoms with Gasteiger partial charge in [0, 0.05) is 12.1 Å². The lowest BCUT2D eigenvalue weighted by Gasteiger charge is -2.04. The van der Waals surface area contributed by atoms with Crippen molar-refractivity contribution in [3.8, 4) is 11.8 Å². The molecule has 0 saturated heterocycles. The van der Waals surface area contributed by atoms with Crippen molar-refractivity contribution in [3.63, 3.8) is 0 Å². The number of nitriles is 1. The lowest BCUT2D eigenvalue weighted by Crippen LogP contribution is -2.24. The first kappa shape index (κ1) is 17.2. The minimum absolute atomic E-state index is 0.111. The standard InChI is InChI=1S/C20H19N5O/c21-14-17-18(24-25(19(17)22)16-10-5-2-6-11-16)12-7-13-23-20(26)15-8-3-1-4-9-15/h1-6,8-11H,7,12-13,22H2,(H,23,26). The van der Waals surface area contributed by atoms with Crippen LogP contribution in [0.15, 0.2) is 60.7 Å². The number of aryl methyl sites for hydroxylation is 1. The molecule has 0 fully saturated rings. The number of aromatic nitrogens is 2. The maximum Gasteiger partial charge on any atom is 0.251 e. The van der Waals surface area contributed by atoms with Crippen molar-refractivity contribution >= 4 is 11.7 Å². The molecule has 0 unspecified atom stereocenters. The summed E-state index contributed by atoms with van der Waals surface area (Å²) in [7, 11) is 0. The van der Waals surface area contributed by atoms with E-state index in [-0.39, 0.29) is 5.91 Å². The van der Waals surface area contributed by atoms with Gasteiger partial charge in [0.15, 0.2) is 0 Å². The van der Waals surface area contributed by atoms with Gasteiger partial charge in [-0.1, -0.05) is 36.4 Å². The van der Waals surface area contributed by atoms with Gasteiger partial charge in [-0.15, -0.1) is 0 Å². The number of nitrogens with two attached hydrogens (primary N) is 1. The highest BCUT2D eigenvalue weighted by Gasteiger charge is 2.16. The lowest BCUT2D eigenvalue weighted by atomic mass is 10.1. The van der Waals surface area contributed by atoms with Gasteiger partial charge in [-0.25, -0.2) is 4.68 Å². The first-order valence-electron chi connectivity index (χ1n) is 8.37. The molecule has 0 saturated carbocycles. The van der Waals surface area contributed by atoms with Crippen molar-refractivity contribution in [3.05, 3.63) is 77.5 Å². The molecule has 6 heteroatoms. The highest BCUT2D eigenvalue weighted by atomic mass is 16.1. The Morgan fingerprint density at radius 1 is 1.12 bits per heavy atom. The number of nitrogen functional groups attached to an aromatic ring is 1. The maximum absolute atomic E-state index is 12.0. The topological polar surface area (TPSA) is 96.7 Å². The molecular weight excluding hydrogens is 326 g/mol. The smallest absolute Gasteiger partial charge is 0.251 e. The lowest BCUT2D eigenvalue weighted by molar-refractivity contribution is 0.0953. The molecule has 1 aromatic heterocycles. The molecule has 1 amide bonds. The Kier molecular flexibility index (Phi) is 5.30. The Balaban J connectivity index is 1.63. The summed E-state index contributed by atoms with van der Waals surface area (Å²) in [5.74, 6) is 0.224. The fourth-order valence-corrected chi connectivity index (χ4v) is 2.69. The summed E-state index contributed by atoms with van der Waals surface area (Å²) >= 11 is 0. The molecule has 3 aromatic rings. The number of hydrogen-bond acceptors (Lipinski definition) is 4. The molecule has 0 aliphatic heterocycles. The zero-order chi connectivity index (χ0) is 18.4. The van der Waals surface area contributed by atoms with Crippen LogP contribution in [-0.2, 0) is 6.42 Å². The molecule has 0 bridgehead atoms. The number of para-hydroxylation sites is 1. The number of rotatable bonds is 6. The first-order chi connectivity index (χ1) is 12.7. The van der Waals surface area contributed by atoms with Gasteiger partial charge in [0.25, 0.3) is 5.91 Å². The number of benzene rings is 2. The maximum atomic E-state index is 12.0. The van der Waals surface area contributed by atoms with Gasteiger partial charge < -0.3 is 11.1 Å². The van der Waals surface area contributed by atoms with Crippen molar-refractivity contribution < 1.29 is 4.79 Å². The molecule has 6 nitrogen and oxygen atoms in total. The van der Waals surface area contributed by atoms with Crippen LogP contribution in [-0.4, -0.2) is 22.2 Å². The van der Waals surface area contributed by atoms with Crippen LogP contribution in [0.5, 0.6) is 0 Å². The molecule has 0 atom stereocenters. The van der Waals surface area contributed by atoms with Gasteiger partial charge in [-0.2, -0.15) is 10.4 Å². The number of carbonyl (C=O) groups excluding carboxylic acids is 1. The second-order valence-corrected chi connectivity index (χ2v) is 5.79.